The summed E-state index contributed by atoms with van der Waals surface area (Å²) in [5.74, 6) is 0. The van der Waals surface area contributed by atoms with Gasteiger partial charge in [-0.05, 0) is 18.5 Å². The highest BCUT2D eigenvalue weighted by molar-refractivity contribution is 7.89. The summed E-state index contributed by atoms with van der Waals surface area (Å²) in [7, 11) is -3.49. The van der Waals surface area contributed by atoms with Crippen LogP contribution in [0.1, 0.15) is 12.0 Å². The summed E-state index contributed by atoms with van der Waals surface area (Å²) in [4.78, 5) is 0.172. The summed E-state index contributed by atoms with van der Waals surface area (Å²) in [6.07, 6.45) is 3.49. The molecule has 6 nitrogen and oxygen atoms in total. The monoisotopic (exact) mass is 294 g/mol. The van der Waals surface area contributed by atoms with Crippen molar-refractivity contribution in [1.29, 1.82) is 0 Å². The van der Waals surface area contributed by atoms with Crippen LogP contribution < -0.4 is 10.5 Å². The van der Waals surface area contributed by atoms with Gasteiger partial charge in [0.1, 0.15) is 4.90 Å². The van der Waals surface area contributed by atoms with Crippen molar-refractivity contribution < 1.29 is 8.42 Å². The van der Waals surface area contributed by atoms with E-state index in [1.54, 1.807) is 4.68 Å². The van der Waals surface area contributed by atoms with Gasteiger partial charge in [-0.2, -0.15) is 5.10 Å². The van der Waals surface area contributed by atoms with Crippen LogP contribution in [0, 0.1) is 0 Å². The molecular weight excluding hydrogens is 276 g/mol. The predicted octanol–water partition coefficient (Wildman–Crippen LogP) is 0.559. The zero-order valence-corrected chi connectivity index (χ0v) is 11.9. The van der Waals surface area contributed by atoms with Crippen LogP contribution in [0.4, 0.5) is 0 Å². The molecule has 108 valence electrons. The van der Waals surface area contributed by atoms with Gasteiger partial charge in [0, 0.05) is 12.7 Å². The van der Waals surface area contributed by atoms with E-state index in [0.29, 0.717) is 26.1 Å². The van der Waals surface area contributed by atoms with Crippen LogP contribution in [0.3, 0.4) is 0 Å². The first kappa shape index (κ1) is 14.7. The van der Waals surface area contributed by atoms with Crippen molar-refractivity contribution in [2.45, 2.75) is 17.9 Å². The molecule has 0 unspecified atom stereocenters. The number of aromatic nitrogens is 2. The van der Waals surface area contributed by atoms with Crippen LogP contribution in [0.2, 0.25) is 0 Å². The van der Waals surface area contributed by atoms with E-state index < -0.39 is 10.0 Å². The lowest BCUT2D eigenvalue weighted by Crippen LogP contribution is -2.25. The van der Waals surface area contributed by atoms with Gasteiger partial charge >= 0.3 is 0 Å². The molecule has 0 aliphatic rings. The molecule has 0 aliphatic carbocycles. The predicted molar refractivity (Wildman–Crippen MR) is 76.6 cm³/mol. The number of rotatable bonds is 7. The van der Waals surface area contributed by atoms with Crippen LogP contribution in [-0.4, -0.2) is 31.3 Å². The highest BCUT2D eigenvalue weighted by atomic mass is 32.2. The molecule has 0 bridgehead atoms. The Morgan fingerprint density at radius 1 is 1.25 bits per heavy atom. The molecule has 0 spiro atoms. The molecule has 1 aromatic heterocycles. The number of hydrogen-bond donors (Lipinski definition) is 2. The first-order chi connectivity index (χ1) is 9.62. The smallest absolute Gasteiger partial charge is 0.243 e. The Bertz CT molecular complexity index is 637. The topological polar surface area (TPSA) is 90.0 Å². The van der Waals surface area contributed by atoms with Crippen molar-refractivity contribution >= 4 is 10.0 Å². The summed E-state index contributed by atoms with van der Waals surface area (Å²) in [5.41, 5.74) is 6.40. The summed E-state index contributed by atoms with van der Waals surface area (Å²) in [6, 6.07) is 9.74. The van der Waals surface area contributed by atoms with Gasteiger partial charge in [-0.25, -0.2) is 13.1 Å². The van der Waals surface area contributed by atoms with Crippen LogP contribution >= 0.6 is 0 Å². The molecule has 1 heterocycles. The molecule has 2 aromatic rings. The number of nitrogens with one attached hydrogen (secondary N) is 1. The van der Waals surface area contributed by atoms with Crippen molar-refractivity contribution in [1.82, 2.24) is 14.5 Å². The normalized spacial score (nSPS) is 11.7. The number of hydrogen-bond acceptors (Lipinski definition) is 4. The highest BCUT2D eigenvalue weighted by Crippen LogP contribution is 2.09. The van der Waals surface area contributed by atoms with Crippen molar-refractivity contribution in [3.8, 4) is 0 Å². The Balaban J connectivity index is 2.05. The van der Waals surface area contributed by atoms with E-state index in [-0.39, 0.29) is 4.90 Å². The molecular formula is C13H18N4O2S. The SMILES string of the molecule is NCCCNS(=O)(=O)c1cnn(Cc2ccccc2)c1. The summed E-state index contributed by atoms with van der Waals surface area (Å²) in [6.45, 7) is 1.33. The standard InChI is InChI=1S/C13H18N4O2S/c14-7-4-8-16-20(18,19)13-9-15-17(11-13)10-12-5-2-1-3-6-12/h1-3,5-6,9,11,16H,4,7-8,10,14H2. The Labute approximate surface area is 118 Å². The second-order valence-electron chi connectivity index (χ2n) is 4.40. The van der Waals surface area contributed by atoms with Gasteiger partial charge in [-0.1, -0.05) is 30.3 Å². The maximum absolute atomic E-state index is 12.0. The lowest BCUT2D eigenvalue weighted by atomic mass is 10.2. The molecule has 2 rings (SSSR count). The van der Waals surface area contributed by atoms with Gasteiger partial charge < -0.3 is 5.73 Å². The quantitative estimate of drug-likeness (QED) is 0.730. The van der Waals surface area contributed by atoms with Crippen LogP contribution in [0.5, 0.6) is 0 Å². The second-order valence-corrected chi connectivity index (χ2v) is 6.17. The minimum absolute atomic E-state index is 0.172. The van der Waals surface area contributed by atoms with E-state index in [4.69, 9.17) is 5.73 Å². The highest BCUT2D eigenvalue weighted by Gasteiger charge is 2.15. The molecule has 0 saturated carbocycles. The molecule has 7 heteroatoms. The van der Waals surface area contributed by atoms with Gasteiger partial charge in [0.05, 0.1) is 12.7 Å². The Hall–Kier alpha value is -1.70. The average Bonchev–Trinajstić information content (AvgIpc) is 2.89. The third kappa shape index (κ3) is 3.89. The zero-order chi connectivity index (χ0) is 14.4. The molecule has 0 aliphatic heterocycles. The fourth-order valence-electron chi connectivity index (χ4n) is 1.73. The number of benzene rings is 1. The average molecular weight is 294 g/mol. The fraction of sp³-hybridized carbons (Fsp3) is 0.308. The first-order valence-corrected chi connectivity index (χ1v) is 7.86. The van der Waals surface area contributed by atoms with E-state index in [2.05, 4.69) is 9.82 Å². The van der Waals surface area contributed by atoms with E-state index >= 15 is 0 Å². The maximum Gasteiger partial charge on any atom is 0.243 e. The Morgan fingerprint density at radius 3 is 2.70 bits per heavy atom. The van der Waals surface area contributed by atoms with Crippen LogP contribution in [0.25, 0.3) is 0 Å². The van der Waals surface area contributed by atoms with Crippen LogP contribution in [0.15, 0.2) is 47.6 Å². The third-order valence-corrected chi connectivity index (χ3v) is 4.20. The molecule has 3 N–H and O–H groups in total. The minimum atomic E-state index is -3.49. The summed E-state index contributed by atoms with van der Waals surface area (Å²) < 4.78 is 28.0. The van der Waals surface area contributed by atoms with Crippen LogP contribution in [-0.2, 0) is 16.6 Å². The minimum Gasteiger partial charge on any atom is -0.330 e. The van der Waals surface area contributed by atoms with E-state index in [0.717, 1.165) is 5.56 Å². The van der Waals surface area contributed by atoms with E-state index in [9.17, 15) is 8.42 Å². The summed E-state index contributed by atoms with van der Waals surface area (Å²) >= 11 is 0. The molecule has 1 aromatic carbocycles. The van der Waals surface area contributed by atoms with Crippen molar-refractivity contribution in [2.75, 3.05) is 13.1 Å². The molecule has 20 heavy (non-hydrogen) atoms. The number of sulfonamides is 1. The molecule has 0 fully saturated rings. The van der Waals surface area contributed by atoms with Gasteiger partial charge in [0.15, 0.2) is 0 Å². The van der Waals surface area contributed by atoms with E-state index in [1.165, 1.54) is 12.4 Å². The van der Waals surface area contributed by atoms with Crippen molar-refractivity contribution in [2.24, 2.45) is 5.73 Å². The van der Waals surface area contributed by atoms with E-state index in [1.807, 2.05) is 30.3 Å². The second kappa shape index (κ2) is 6.65. The number of nitrogens with two attached hydrogens (primary N) is 1. The van der Waals surface area contributed by atoms with Gasteiger partial charge in [-0.3, -0.25) is 4.68 Å². The maximum atomic E-state index is 12.0. The molecule has 0 amide bonds. The first-order valence-electron chi connectivity index (χ1n) is 6.38. The van der Waals surface area contributed by atoms with Crippen molar-refractivity contribution in [3.63, 3.8) is 0 Å². The lowest BCUT2D eigenvalue weighted by Gasteiger charge is -2.03. The lowest BCUT2D eigenvalue weighted by molar-refractivity contribution is 0.579. The molecule has 0 atom stereocenters. The Kier molecular flexibility index (Phi) is 4.89. The van der Waals surface area contributed by atoms with Crippen molar-refractivity contribution in [3.05, 3.63) is 48.3 Å². The third-order valence-electron chi connectivity index (χ3n) is 2.78. The zero-order valence-electron chi connectivity index (χ0n) is 11.1. The van der Waals surface area contributed by atoms with Gasteiger partial charge in [0.2, 0.25) is 10.0 Å². The van der Waals surface area contributed by atoms with Gasteiger partial charge in [0.25, 0.3) is 0 Å². The summed E-state index contributed by atoms with van der Waals surface area (Å²) in [5, 5.41) is 4.08. The number of nitrogens with zero attached hydrogens (tertiary/aromatic N) is 2. The Morgan fingerprint density at radius 2 is 2.00 bits per heavy atom. The molecule has 0 radical (unpaired) electrons. The molecule has 0 saturated heterocycles. The van der Waals surface area contributed by atoms with Gasteiger partial charge in [-0.15, -0.1) is 0 Å². The fourth-order valence-corrected chi connectivity index (χ4v) is 2.76. The largest absolute Gasteiger partial charge is 0.330 e.